The summed E-state index contributed by atoms with van der Waals surface area (Å²) < 4.78 is 0. The largest absolute Gasteiger partial charge is 0.321 e. The lowest BCUT2D eigenvalue weighted by atomic mass is 9.83. The summed E-state index contributed by atoms with van der Waals surface area (Å²) >= 11 is 6.23. The topological polar surface area (TPSA) is 26.0 Å². The van der Waals surface area contributed by atoms with Crippen LogP contribution in [0.15, 0.2) is 42.5 Å². The molecule has 0 radical (unpaired) electrons. The Kier molecular flexibility index (Phi) is 3.98. The van der Waals surface area contributed by atoms with Crippen molar-refractivity contribution in [2.75, 3.05) is 0 Å². The minimum Gasteiger partial charge on any atom is -0.321 e. The number of nitrogens with two attached hydrogens (primary N) is 1. The lowest BCUT2D eigenvalue weighted by Crippen LogP contribution is -2.36. The van der Waals surface area contributed by atoms with E-state index in [4.69, 9.17) is 17.3 Å². The highest BCUT2D eigenvalue weighted by atomic mass is 35.5. The predicted molar refractivity (Wildman–Crippen MR) is 82.6 cm³/mol. The van der Waals surface area contributed by atoms with Gasteiger partial charge in [0.25, 0.3) is 0 Å². The second-order valence-corrected chi connectivity index (χ2v) is 5.91. The summed E-state index contributed by atoms with van der Waals surface area (Å²) in [6.45, 7) is 6.26. The van der Waals surface area contributed by atoms with Gasteiger partial charge in [-0.1, -0.05) is 53.6 Å². The Morgan fingerprint density at radius 3 is 2.47 bits per heavy atom. The highest BCUT2D eigenvalue weighted by Crippen LogP contribution is 2.29. The highest BCUT2D eigenvalue weighted by Gasteiger charge is 2.24. The van der Waals surface area contributed by atoms with Crippen LogP contribution in [0.4, 0.5) is 0 Å². The fraction of sp³-hybridized carbons (Fsp3) is 0.294. The molecule has 2 N–H and O–H groups in total. The first kappa shape index (κ1) is 14.1. The summed E-state index contributed by atoms with van der Waals surface area (Å²) in [5.74, 6) is 0. The normalized spacial score (nSPS) is 14.2. The van der Waals surface area contributed by atoms with E-state index in [1.807, 2.05) is 24.3 Å². The number of hydrogen-bond donors (Lipinski definition) is 1. The molecule has 0 aliphatic heterocycles. The van der Waals surface area contributed by atoms with Gasteiger partial charge in [-0.15, -0.1) is 0 Å². The van der Waals surface area contributed by atoms with E-state index in [1.54, 1.807) is 0 Å². The van der Waals surface area contributed by atoms with Crippen LogP contribution >= 0.6 is 11.6 Å². The van der Waals surface area contributed by atoms with Gasteiger partial charge in [0.2, 0.25) is 0 Å². The molecule has 0 spiro atoms. The van der Waals surface area contributed by atoms with Gasteiger partial charge in [-0.05, 0) is 49.9 Å². The maximum absolute atomic E-state index is 6.55. The van der Waals surface area contributed by atoms with Gasteiger partial charge < -0.3 is 5.73 Å². The van der Waals surface area contributed by atoms with E-state index in [-0.39, 0.29) is 0 Å². The van der Waals surface area contributed by atoms with Crippen LogP contribution in [0, 0.1) is 13.8 Å². The fourth-order valence-electron chi connectivity index (χ4n) is 2.48. The van der Waals surface area contributed by atoms with Crippen molar-refractivity contribution in [2.24, 2.45) is 5.73 Å². The number of rotatable bonds is 3. The van der Waals surface area contributed by atoms with Crippen molar-refractivity contribution >= 4 is 11.6 Å². The van der Waals surface area contributed by atoms with Crippen LogP contribution in [0.3, 0.4) is 0 Å². The van der Waals surface area contributed by atoms with E-state index in [0.29, 0.717) is 0 Å². The van der Waals surface area contributed by atoms with Crippen LogP contribution in [0.1, 0.15) is 29.2 Å². The van der Waals surface area contributed by atoms with Crippen molar-refractivity contribution in [1.82, 2.24) is 0 Å². The molecule has 0 fully saturated rings. The Bertz CT molecular complexity index is 588. The molecule has 0 heterocycles. The zero-order valence-corrected chi connectivity index (χ0v) is 12.5. The van der Waals surface area contributed by atoms with E-state index < -0.39 is 5.54 Å². The van der Waals surface area contributed by atoms with Gasteiger partial charge in [0.15, 0.2) is 0 Å². The minimum absolute atomic E-state index is 0.416. The second-order valence-electron chi connectivity index (χ2n) is 5.50. The minimum atomic E-state index is -0.416. The van der Waals surface area contributed by atoms with Crippen LogP contribution < -0.4 is 5.73 Å². The molecule has 0 aliphatic carbocycles. The summed E-state index contributed by atoms with van der Waals surface area (Å²) in [5, 5.41) is 0.782. The maximum Gasteiger partial charge on any atom is 0.0438 e. The molecule has 0 saturated heterocycles. The third-order valence-corrected chi connectivity index (χ3v) is 3.89. The van der Waals surface area contributed by atoms with E-state index in [9.17, 15) is 0 Å². The molecule has 0 bridgehead atoms. The number of aryl methyl sites for hydroxylation is 2. The molecular weight excluding hydrogens is 254 g/mol. The van der Waals surface area contributed by atoms with E-state index in [2.05, 4.69) is 39.0 Å². The summed E-state index contributed by atoms with van der Waals surface area (Å²) in [4.78, 5) is 0. The lowest BCUT2D eigenvalue weighted by Gasteiger charge is -2.28. The molecule has 0 aliphatic rings. The van der Waals surface area contributed by atoms with E-state index in [0.717, 1.165) is 17.0 Å². The van der Waals surface area contributed by atoms with Crippen molar-refractivity contribution in [1.29, 1.82) is 0 Å². The molecule has 1 atom stereocenters. The molecule has 2 aromatic rings. The van der Waals surface area contributed by atoms with Crippen molar-refractivity contribution in [3.63, 3.8) is 0 Å². The second kappa shape index (κ2) is 5.36. The predicted octanol–water partition coefficient (Wildman–Crippen LogP) is 4.37. The number of hydrogen-bond acceptors (Lipinski definition) is 1. The first-order valence-electron chi connectivity index (χ1n) is 6.50. The third-order valence-electron chi connectivity index (χ3n) is 3.52. The monoisotopic (exact) mass is 273 g/mol. The molecule has 1 unspecified atom stereocenters. The molecule has 2 heteroatoms. The molecule has 0 aromatic heterocycles. The van der Waals surface area contributed by atoms with Gasteiger partial charge in [0.05, 0.1) is 0 Å². The van der Waals surface area contributed by atoms with Crippen molar-refractivity contribution in [2.45, 2.75) is 32.7 Å². The maximum atomic E-state index is 6.55. The van der Waals surface area contributed by atoms with Gasteiger partial charge >= 0.3 is 0 Å². The number of halogens is 1. The standard InChI is InChI=1S/C17H20ClN/c1-12-8-9-13(2)15(10-12)17(3,19)11-14-6-4-5-7-16(14)18/h4-10H,11,19H2,1-3H3. The van der Waals surface area contributed by atoms with Gasteiger partial charge in [-0.25, -0.2) is 0 Å². The SMILES string of the molecule is Cc1ccc(C)c(C(C)(N)Cc2ccccc2Cl)c1. The Morgan fingerprint density at radius 2 is 1.79 bits per heavy atom. The smallest absolute Gasteiger partial charge is 0.0438 e. The molecule has 100 valence electrons. The molecule has 1 nitrogen and oxygen atoms in total. The first-order valence-corrected chi connectivity index (χ1v) is 6.88. The Labute approximate surface area is 120 Å². The molecule has 2 rings (SSSR count). The fourth-order valence-corrected chi connectivity index (χ4v) is 2.69. The van der Waals surface area contributed by atoms with E-state index in [1.165, 1.54) is 16.7 Å². The zero-order valence-electron chi connectivity index (χ0n) is 11.7. The van der Waals surface area contributed by atoms with Crippen molar-refractivity contribution in [3.05, 3.63) is 69.7 Å². The average Bonchev–Trinajstić information content (AvgIpc) is 2.35. The molecule has 0 amide bonds. The molecule has 0 saturated carbocycles. The number of benzene rings is 2. The van der Waals surface area contributed by atoms with E-state index >= 15 is 0 Å². The van der Waals surface area contributed by atoms with Gasteiger partial charge in [0.1, 0.15) is 0 Å². The van der Waals surface area contributed by atoms with Crippen LogP contribution in [0.5, 0.6) is 0 Å². The molecule has 19 heavy (non-hydrogen) atoms. The third kappa shape index (κ3) is 3.17. The van der Waals surface area contributed by atoms with Crippen LogP contribution in [0.25, 0.3) is 0 Å². The summed E-state index contributed by atoms with van der Waals surface area (Å²) in [5.41, 5.74) is 10.9. The zero-order chi connectivity index (χ0) is 14.0. The quantitative estimate of drug-likeness (QED) is 0.883. The van der Waals surface area contributed by atoms with Crippen LogP contribution in [-0.2, 0) is 12.0 Å². The average molecular weight is 274 g/mol. The summed E-state index contributed by atoms with van der Waals surface area (Å²) in [6, 6.07) is 14.3. The van der Waals surface area contributed by atoms with Crippen molar-refractivity contribution < 1.29 is 0 Å². The lowest BCUT2D eigenvalue weighted by molar-refractivity contribution is 0.488. The Hall–Kier alpha value is -1.31. The van der Waals surface area contributed by atoms with Crippen LogP contribution in [-0.4, -0.2) is 0 Å². The molecular formula is C17H20ClN. The van der Waals surface area contributed by atoms with Gasteiger partial charge in [0, 0.05) is 10.6 Å². The van der Waals surface area contributed by atoms with Gasteiger partial charge in [-0.3, -0.25) is 0 Å². The summed E-state index contributed by atoms with van der Waals surface area (Å²) in [6.07, 6.45) is 0.733. The van der Waals surface area contributed by atoms with Crippen LogP contribution in [0.2, 0.25) is 5.02 Å². The summed E-state index contributed by atoms with van der Waals surface area (Å²) in [7, 11) is 0. The molecule has 2 aromatic carbocycles. The first-order chi connectivity index (χ1) is 8.90. The van der Waals surface area contributed by atoms with Crippen molar-refractivity contribution in [3.8, 4) is 0 Å². The van der Waals surface area contributed by atoms with Gasteiger partial charge in [-0.2, -0.15) is 0 Å². The Balaban J connectivity index is 2.37. The Morgan fingerprint density at radius 1 is 1.11 bits per heavy atom. The highest BCUT2D eigenvalue weighted by molar-refractivity contribution is 6.31.